The first-order valence-electron chi connectivity index (χ1n) is 7.00. The Morgan fingerprint density at radius 1 is 1.33 bits per heavy atom. The lowest BCUT2D eigenvalue weighted by Gasteiger charge is -2.28. The summed E-state index contributed by atoms with van der Waals surface area (Å²) in [6.07, 6.45) is 1.50. The van der Waals surface area contributed by atoms with Gasteiger partial charge in [-0.3, -0.25) is 0 Å². The Bertz CT molecular complexity index is 556. The van der Waals surface area contributed by atoms with Crippen molar-refractivity contribution in [3.05, 3.63) is 18.3 Å². The van der Waals surface area contributed by atoms with Crippen LogP contribution in [-0.2, 0) is 10.0 Å². The van der Waals surface area contributed by atoms with E-state index in [0.29, 0.717) is 18.9 Å². The van der Waals surface area contributed by atoms with E-state index >= 15 is 0 Å². The van der Waals surface area contributed by atoms with Gasteiger partial charge in [-0.1, -0.05) is 13.8 Å². The molecule has 0 unspecified atom stereocenters. The van der Waals surface area contributed by atoms with E-state index in [-0.39, 0.29) is 10.3 Å². The van der Waals surface area contributed by atoms with Crippen molar-refractivity contribution in [1.29, 1.82) is 0 Å². The van der Waals surface area contributed by atoms with E-state index in [2.05, 4.69) is 15.0 Å². The van der Waals surface area contributed by atoms with Crippen molar-refractivity contribution in [2.75, 3.05) is 39.0 Å². The van der Waals surface area contributed by atoms with Crippen LogP contribution in [0, 0.1) is 5.41 Å². The minimum absolute atomic E-state index is 0.145. The van der Waals surface area contributed by atoms with E-state index in [1.54, 1.807) is 6.07 Å². The molecule has 1 heterocycles. The molecule has 0 aliphatic carbocycles. The average Bonchev–Trinajstić information content (AvgIpc) is 2.36. The van der Waals surface area contributed by atoms with Gasteiger partial charge in [-0.05, 0) is 32.5 Å². The summed E-state index contributed by atoms with van der Waals surface area (Å²) in [6, 6.07) is 3.05. The highest BCUT2D eigenvalue weighted by Gasteiger charge is 2.23. The normalized spacial score (nSPS) is 12.7. The Hall–Kier alpha value is -1.18. The molecule has 7 heteroatoms. The van der Waals surface area contributed by atoms with Crippen molar-refractivity contribution in [2.24, 2.45) is 5.41 Å². The molecule has 0 aliphatic heterocycles. The standard InChI is InChI=1S/C14H26N4O2S/c1-6-15-13-9-12(7-8-16-13)21(19,20)17-10-14(2,3)11-18(4)5/h7-9,17H,6,10-11H2,1-5H3,(H,15,16). The molecule has 0 radical (unpaired) electrons. The second kappa shape index (κ2) is 7.20. The monoisotopic (exact) mass is 314 g/mol. The number of aromatic nitrogens is 1. The van der Waals surface area contributed by atoms with Gasteiger partial charge in [0.25, 0.3) is 0 Å². The fourth-order valence-corrected chi connectivity index (χ4v) is 3.40. The summed E-state index contributed by atoms with van der Waals surface area (Å²) >= 11 is 0. The fourth-order valence-electron chi connectivity index (χ4n) is 2.14. The van der Waals surface area contributed by atoms with Gasteiger partial charge in [0.1, 0.15) is 5.82 Å². The number of pyridine rings is 1. The molecular weight excluding hydrogens is 288 g/mol. The summed E-state index contributed by atoms with van der Waals surface area (Å²) in [4.78, 5) is 6.36. The molecule has 0 aliphatic rings. The maximum atomic E-state index is 12.3. The van der Waals surface area contributed by atoms with Gasteiger partial charge in [0.2, 0.25) is 10.0 Å². The predicted molar refractivity (Wildman–Crippen MR) is 85.9 cm³/mol. The SMILES string of the molecule is CCNc1cc(S(=O)(=O)NCC(C)(C)CN(C)C)ccn1. The van der Waals surface area contributed by atoms with Crippen LogP contribution in [0.4, 0.5) is 5.82 Å². The highest BCUT2D eigenvalue weighted by atomic mass is 32.2. The lowest BCUT2D eigenvalue weighted by Crippen LogP contribution is -2.39. The molecule has 21 heavy (non-hydrogen) atoms. The molecule has 6 nitrogen and oxygen atoms in total. The van der Waals surface area contributed by atoms with Gasteiger partial charge in [-0.2, -0.15) is 0 Å². The minimum atomic E-state index is -3.52. The van der Waals surface area contributed by atoms with E-state index in [0.717, 1.165) is 6.54 Å². The van der Waals surface area contributed by atoms with Crippen molar-refractivity contribution in [3.8, 4) is 0 Å². The van der Waals surface area contributed by atoms with Crippen molar-refractivity contribution < 1.29 is 8.42 Å². The van der Waals surface area contributed by atoms with Gasteiger partial charge in [0.15, 0.2) is 0 Å². The van der Waals surface area contributed by atoms with Crippen molar-refractivity contribution >= 4 is 15.8 Å². The Kier molecular flexibility index (Phi) is 6.12. The molecule has 0 fully saturated rings. The molecule has 0 bridgehead atoms. The van der Waals surface area contributed by atoms with E-state index in [4.69, 9.17) is 0 Å². The molecule has 2 N–H and O–H groups in total. The van der Waals surface area contributed by atoms with Crippen LogP contribution in [0.5, 0.6) is 0 Å². The number of hydrogen-bond donors (Lipinski definition) is 2. The van der Waals surface area contributed by atoms with Crippen LogP contribution in [0.15, 0.2) is 23.2 Å². The molecule has 120 valence electrons. The summed E-state index contributed by atoms with van der Waals surface area (Å²) in [5.41, 5.74) is -0.145. The smallest absolute Gasteiger partial charge is 0.240 e. The average molecular weight is 314 g/mol. The highest BCUT2D eigenvalue weighted by molar-refractivity contribution is 7.89. The summed E-state index contributed by atoms with van der Waals surface area (Å²) in [5, 5.41) is 3.01. The second-order valence-corrected chi connectivity index (χ2v) is 7.90. The van der Waals surface area contributed by atoms with Crippen molar-refractivity contribution in [3.63, 3.8) is 0 Å². The van der Waals surface area contributed by atoms with Gasteiger partial charge in [-0.15, -0.1) is 0 Å². The fraction of sp³-hybridized carbons (Fsp3) is 0.643. The number of anilines is 1. The van der Waals surface area contributed by atoms with E-state index in [1.807, 2.05) is 39.8 Å². The third-order valence-corrected chi connectivity index (χ3v) is 4.28. The van der Waals surface area contributed by atoms with E-state index < -0.39 is 10.0 Å². The Labute approximate surface area is 128 Å². The summed E-state index contributed by atoms with van der Waals surface area (Å²) in [5.74, 6) is 0.563. The Morgan fingerprint density at radius 2 is 2.00 bits per heavy atom. The van der Waals surface area contributed by atoms with Gasteiger partial charge in [-0.25, -0.2) is 18.1 Å². The van der Waals surface area contributed by atoms with Crippen LogP contribution in [-0.4, -0.2) is 52.0 Å². The van der Waals surface area contributed by atoms with Crippen molar-refractivity contribution in [2.45, 2.75) is 25.7 Å². The zero-order valence-corrected chi connectivity index (χ0v) is 14.3. The van der Waals surface area contributed by atoms with Crippen LogP contribution in [0.25, 0.3) is 0 Å². The van der Waals surface area contributed by atoms with Crippen LogP contribution in [0.2, 0.25) is 0 Å². The van der Waals surface area contributed by atoms with Crippen LogP contribution < -0.4 is 10.0 Å². The van der Waals surface area contributed by atoms with Crippen molar-refractivity contribution in [1.82, 2.24) is 14.6 Å². The zero-order chi connectivity index (χ0) is 16.1. The molecule has 1 aromatic heterocycles. The summed E-state index contributed by atoms with van der Waals surface area (Å²) in [6.45, 7) is 7.88. The molecule has 0 aromatic carbocycles. The molecule has 0 saturated carbocycles. The van der Waals surface area contributed by atoms with Gasteiger partial charge in [0, 0.05) is 31.9 Å². The lowest BCUT2D eigenvalue weighted by atomic mass is 9.93. The van der Waals surface area contributed by atoms with Crippen LogP contribution >= 0.6 is 0 Å². The Balaban J connectivity index is 2.80. The molecule has 1 rings (SSSR count). The lowest BCUT2D eigenvalue weighted by molar-refractivity contribution is 0.242. The quantitative estimate of drug-likeness (QED) is 0.758. The zero-order valence-electron chi connectivity index (χ0n) is 13.5. The van der Waals surface area contributed by atoms with Crippen LogP contribution in [0.3, 0.4) is 0 Å². The highest BCUT2D eigenvalue weighted by Crippen LogP contribution is 2.17. The molecule has 0 spiro atoms. The largest absolute Gasteiger partial charge is 0.370 e. The number of rotatable bonds is 8. The maximum absolute atomic E-state index is 12.3. The van der Waals surface area contributed by atoms with Crippen LogP contribution in [0.1, 0.15) is 20.8 Å². The summed E-state index contributed by atoms with van der Waals surface area (Å²) in [7, 11) is 0.429. The second-order valence-electron chi connectivity index (χ2n) is 6.13. The summed E-state index contributed by atoms with van der Waals surface area (Å²) < 4.78 is 27.4. The first kappa shape index (κ1) is 17.9. The first-order valence-corrected chi connectivity index (χ1v) is 8.49. The number of nitrogens with zero attached hydrogens (tertiary/aromatic N) is 2. The van der Waals surface area contributed by atoms with Gasteiger partial charge in [0.05, 0.1) is 4.90 Å². The number of hydrogen-bond acceptors (Lipinski definition) is 5. The molecule has 1 aromatic rings. The Morgan fingerprint density at radius 3 is 2.57 bits per heavy atom. The topological polar surface area (TPSA) is 74.3 Å². The molecule has 0 atom stereocenters. The third kappa shape index (κ3) is 5.99. The van der Waals surface area contributed by atoms with E-state index in [1.165, 1.54) is 12.3 Å². The first-order chi connectivity index (χ1) is 9.66. The van der Waals surface area contributed by atoms with Gasteiger partial charge < -0.3 is 10.2 Å². The molecular formula is C14H26N4O2S. The van der Waals surface area contributed by atoms with Gasteiger partial charge >= 0.3 is 0 Å². The minimum Gasteiger partial charge on any atom is -0.370 e. The maximum Gasteiger partial charge on any atom is 0.240 e. The third-order valence-electron chi connectivity index (χ3n) is 2.88. The molecule has 0 saturated heterocycles. The van der Waals surface area contributed by atoms with E-state index in [9.17, 15) is 8.42 Å². The molecule has 0 amide bonds. The number of sulfonamides is 1. The number of nitrogens with one attached hydrogen (secondary N) is 2. The predicted octanol–water partition coefficient (Wildman–Crippen LogP) is 1.38.